The molecular formula is C19H24F6N2O6. The smallest absolute Gasteiger partial charge is 0.475 e. The minimum Gasteiger partial charge on any atom is -0.475 e. The van der Waals surface area contributed by atoms with Crippen molar-refractivity contribution < 1.29 is 55.6 Å². The molecule has 188 valence electrons. The van der Waals surface area contributed by atoms with Crippen LogP contribution in [0, 0.1) is 0 Å². The lowest BCUT2D eigenvalue weighted by Gasteiger charge is -2.32. The molecule has 0 unspecified atom stereocenters. The molecule has 2 aliphatic heterocycles. The zero-order valence-corrected chi connectivity index (χ0v) is 17.5. The van der Waals surface area contributed by atoms with Gasteiger partial charge in [0.05, 0.1) is 6.10 Å². The van der Waals surface area contributed by atoms with Crippen LogP contribution in [-0.2, 0) is 25.6 Å². The van der Waals surface area contributed by atoms with E-state index in [0.29, 0.717) is 6.04 Å². The van der Waals surface area contributed by atoms with Crippen molar-refractivity contribution >= 4 is 11.9 Å². The highest BCUT2D eigenvalue weighted by Gasteiger charge is 2.44. The SMILES string of the molecule is CCO[C@H]1CN(Cc2cccnc2)[C@@H]2CCCO[C@H]12.O=C(O)C(F)(F)F.O=C(O)C(F)(F)F. The Morgan fingerprint density at radius 1 is 1.18 bits per heavy atom. The van der Waals surface area contributed by atoms with Gasteiger partial charge < -0.3 is 19.7 Å². The summed E-state index contributed by atoms with van der Waals surface area (Å²) in [5.74, 6) is -5.51. The highest BCUT2D eigenvalue weighted by Crippen LogP contribution is 2.31. The summed E-state index contributed by atoms with van der Waals surface area (Å²) in [6.45, 7) is 5.62. The number of nitrogens with zero attached hydrogens (tertiary/aromatic N) is 2. The summed E-state index contributed by atoms with van der Waals surface area (Å²) in [4.78, 5) is 24.5. The third-order valence-electron chi connectivity index (χ3n) is 4.56. The number of hydrogen-bond acceptors (Lipinski definition) is 6. The highest BCUT2D eigenvalue weighted by molar-refractivity contribution is 5.73. The molecule has 33 heavy (non-hydrogen) atoms. The Kier molecular flexibility index (Phi) is 11.0. The number of ether oxygens (including phenoxy) is 2. The fourth-order valence-corrected chi connectivity index (χ4v) is 3.27. The maximum absolute atomic E-state index is 10.6. The number of carboxylic acid groups (broad SMARTS) is 2. The first-order valence-corrected chi connectivity index (χ1v) is 9.73. The van der Waals surface area contributed by atoms with E-state index >= 15 is 0 Å². The van der Waals surface area contributed by atoms with Gasteiger partial charge in [-0.2, -0.15) is 26.3 Å². The summed E-state index contributed by atoms with van der Waals surface area (Å²) in [7, 11) is 0. The molecule has 2 fully saturated rings. The second kappa shape index (κ2) is 12.7. The number of aromatic nitrogens is 1. The number of alkyl halides is 6. The molecule has 0 radical (unpaired) electrons. The van der Waals surface area contributed by atoms with Crippen molar-refractivity contribution in [3.63, 3.8) is 0 Å². The van der Waals surface area contributed by atoms with Crippen molar-refractivity contribution in [1.82, 2.24) is 9.88 Å². The maximum atomic E-state index is 10.6. The van der Waals surface area contributed by atoms with E-state index in [1.165, 1.54) is 12.0 Å². The lowest BCUT2D eigenvalue weighted by Crippen LogP contribution is -2.41. The van der Waals surface area contributed by atoms with Crippen LogP contribution in [0.2, 0.25) is 0 Å². The number of fused-ring (bicyclic) bond motifs is 1. The lowest BCUT2D eigenvalue weighted by atomic mass is 10.0. The van der Waals surface area contributed by atoms with E-state index in [-0.39, 0.29) is 12.2 Å². The highest BCUT2D eigenvalue weighted by atomic mass is 19.4. The predicted molar refractivity (Wildman–Crippen MR) is 100 cm³/mol. The van der Waals surface area contributed by atoms with Crippen molar-refractivity contribution in [1.29, 1.82) is 0 Å². The third-order valence-corrected chi connectivity index (χ3v) is 4.56. The molecule has 2 saturated heterocycles. The molecule has 0 bridgehead atoms. The number of likely N-dealkylation sites (tertiary alicyclic amines) is 1. The average molecular weight is 490 g/mol. The third kappa shape index (κ3) is 9.92. The first-order chi connectivity index (χ1) is 15.3. The zero-order valence-electron chi connectivity index (χ0n) is 17.5. The van der Waals surface area contributed by atoms with Gasteiger partial charge in [0.25, 0.3) is 0 Å². The number of carboxylic acids is 2. The standard InChI is InChI=1S/C15H22N2O2.2C2HF3O2/c1-2-18-14-11-17(10-12-5-3-7-16-9-12)13-6-4-8-19-15(13)14;2*3-2(4,5)1(6)7/h3,5,7,9,13-15H,2,4,6,8,10-11H2,1H3;2*(H,6,7)/t13-,14+,15+;;/m1../s1. The van der Waals surface area contributed by atoms with Crippen LogP contribution in [0.15, 0.2) is 24.5 Å². The van der Waals surface area contributed by atoms with E-state index in [0.717, 1.165) is 32.7 Å². The van der Waals surface area contributed by atoms with Crippen molar-refractivity contribution in [2.75, 3.05) is 19.8 Å². The van der Waals surface area contributed by atoms with Gasteiger partial charge in [-0.25, -0.2) is 9.59 Å². The van der Waals surface area contributed by atoms with Crippen LogP contribution < -0.4 is 0 Å². The molecule has 1 aromatic rings. The second-order valence-electron chi connectivity index (χ2n) is 6.94. The largest absolute Gasteiger partial charge is 0.490 e. The Hall–Kier alpha value is -2.45. The van der Waals surface area contributed by atoms with Crippen LogP contribution in [0.4, 0.5) is 26.3 Å². The van der Waals surface area contributed by atoms with Gasteiger partial charge in [-0.1, -0.05) is 6.07 Å². The van der Waals surface area contributed by atoms with Crippen LogP contribution in [0.5, 0.6) is 0 Å². The fourth-order valence-electron chi connectivity index (χ4n) is 3.27. The monoisotopic (exact) mass is 490 g/mol. The predicted octanol–water partition coefficient (Wildman–Crippen LogP) is 3.12. The molecule has 0 aliphatic carbocycles. The van der Waals surface area contributed by atoms with E-state index in [1.807, 2.05) is 18.5 Å². The first kappa shape index (κ1) is 28.6. The van der Waals surface area contributed by atoms with Gasteiger partial charge in [0, 0.05) is 44.7 Å². The van der Waals surface area contributed by atoms with E-state index in [2.05, 4.69) is 22.9 Å². The zero-order chi connectivity index (χ0) is 25.2. The summed E-state index contributed by atoms with van der Waals surface area (Å²) in [5, 5.41) is 14.2. The lowest BCUT2D eigenvalue weighted by molar-refractivity contribution is -0.193. The van der Waals surface area contributed by atoms with Crippen molar-refractivity contribution in [2.24, 2.45) is 0 Å². The number of pyridine rings is 1. The molecule has 0 aromatic carbocycles. The Morgan fingerprint density at radius 3 is 2.21 bits per heavy atom. The van der Waals surface area contributed by atoms with Crippen LogP contribution >= 0.6 is 0 Å². The molecule has 3 atom stereocenters. The summed E-state index contributed by atoms with van der Waals surface area (Å²) < 4.78 is 75.3. The molecule has 2 aliphatic rings. The molecule has 2 N–H and O–H groups in total. The van der Waals surface area contributed by atoms with Crippen LogP contribution in [0.1, 0.15) is 25.3 Å². The van der Waals surface area contributed by atoms with Crippen molar-refractivity contribution in [3.05, 3.63) is 30.1 Å². The first-order valence-electron chi connectivity index (χ1n) is 9.73. The Morgan fingerprint density at radius 2 is 1.76 bits per heavy atom. The van der Waals surface area contributed by atoms with Gasteiger partial charge >= 0.3 is 24.3 Å². The average Bonchev–Trinajstić information content (AvgIpc) is 3.06. The van der Waals surface area contributed by atoms with Gasteiger partial charge in [0.1, 0.15) is 6.10 Å². The summed E-state index contributed by atoms with van der Waals surface area (Å²) >= 11 is 0. The van der Waals surface area contributed by atoms with Gasteiger partial charge in [-0.15, -0.1) is 0 Å². The molecule has 8 nitrogen and oxygen atoms in total. The molecule has 14 heteroatoms. The van der Waals surface area contributed by atoms with Crippen LogP contribution in [-0.4, -0.2) is 82.4 Å². The normalized spacial score (nSPS) is 22.8. The number of carbonyl (C=O) groups is 2. The number of hydrogen-bond donors (Lipinski definition) is 2. The minimum absolute atomic E-state index is 0.229. The molecule has 3 rings (SSSR count). The van der Waals surface area contributed by atoms with Gasteiger partial charge in [-0.05, 0) is 31.4 Å². The molecule has 0 spiro atoms. The Balaban J connectivity index is 0.000000324. The molecular weight excluding hydrogens is 466 g/mol. The quantitative estimate of drug-likeness (QED) is 0.620. The maximum Gasteiger partial charge on any atom is 0.490 e. The van der Waals surface area contributed by atoms with Gasteiger partial charge in [-0.3, -0.25) is 9.88 Å². The van der Waals surface area contributed by atoms with E-state index < -0.39 is 24.3 Å². The fraction of sp³-hybridized carbons (Fsp3) is 0.632. The molecule has 3 heterocycles. The van der Waals surface area contributed by atoms with Crippen molar-refractivity contribution in [2.45, 2.75) is 56.9 Å². The minimum atomic E-state index is -5.08. The Bertz CT molecular complexity index is 723. The van der Waals surface area contributed by atoms with Gasteiger partial charge in [0.15, 0.2) is 0 Å². The summed E-state index contributed by atoms with van der Waals surface area (Å²) in [5.41, 5.74) is 1.27. The summed E-state index contributed by atoms with van der Waals surface area (Å²) in [6.07, 6.45) is -3.54. The van der Waals surface area contributed by atoms with Crippen LogP contribution in [0.3, 0.4) is 0 Å². The topological polar surface area (TPSA) is 109 Å². The number of aliphatic carboxylic acids is 2. The second-order valence-corrected chi connectivity index (χ2v) is 6.94. The van der Waals surface area contributed by atoms with Gasteiger partial charge in [0.2, 0.25) is 0 Å². The molecule has 1 aromatic heterocycles. The van der Waals surface area contributed by atoms with E-state index in [1.54, 1.807) is 0 Å². The van der Waals surface area contributed by atoms with E-state index in [9.17, 15) is 26.3 Å². The molecule has 0 amide bonds. The number of halogens is 6. The number of rotatable bonds is 4. The molecule has 0 saturated carbocycles. The summed E-state index contributed by atoms with van der Waals surface area (Å²) in [6, 6.07) is 4.64. The Labute approximate surface area is 185 Å². The van der Waals surface area contributed by atoms with E-state index in [4.69, 9.17) is 29.3 Å². The van der Waals surface area contributed by atoms with Crippen molar-refractivity contribution in [3.8, 4) is 0 Å². The van der Waals surface area contributed by atoms with Crippen LogP contribution in [0.25, 0.3) is 0 Å².